The van der Waals surface area contributed by atoms with Crippen LogP contribution >= 0.6 is 11.3 Å². The highest BCUT2D eigenvalue weighted by molar-refractivity contribution is 7.12. The van der Waals surface area contributed by atoms with Crippen molar-refractivity contribution in [2.45, 2.75) is 38.3 Å². The van der Waals surface area contributed by atoms with Crippen molar-refractivity contribution in [3.8, 4) is 0 Å². The largest absolute Gasteiger partial charge is 0.480 e. The van der Waals surface area contributed by atoms with Gasteiger partial charge >= 0.3 is 5.97 Å². The number of carboxylic acids is 1. The fourth-order valence-electron chi connectivity index (χ4n) is 2.56. The summed E-state index contributed by atoms with van der Waals surface area (Å²) in [5, 5.41) is 10.9. The predicted molar refractivity (Wildman–Crippen MR) is 82.9 cm³/mol. The Kier molecular flexibility index (Phi) is 5.18. The lowest BCUT2D eigenvalue weighted by Gasteiger charge is -2.37. The minimum Gasteiger partial charge on any atom is -0.480 e. The van der Waals surface area contributed by atoms with E-state index in [1.807, 2.05) is 5.38 Å². The number of hydrogen-bond acceptors (Lipinski definition) is 4. The minimum absolute atomic E-state index is 0.149. The summed E-state index contributed by atoms with van der Waals surface area (Å²) in [7, 11) is 1.48. The first-order valence-corrected chi connectivity index (χ1v) is 8.15. The molecule has 1 aliphatic heterocycles. The van der Waals surface area contributed by atoms with Crippen molar-refractivity contribution < 1.29 is 19.5 Å². The maximum atomic E-state index is 12.6. The number of carbonyl (C=O) groups excluding carboxylic acids is 2. The Morgan fingerprint density at radius 2 is 2.14 bits per heavy atom. The average molecular weight is 324 g/mol. The molecule has 1 aromatic rings. The van der Waals surface area contributed by atoms with E-state index in [0.29, 0.717) is 17.8 Å². The van der Waals surface area contributed by atoms with Gasteiger partial charge < -0.3 is 14.9 Å². The molecule has 1 saturated heterocycles. The first-order valence-electron chi connectivity index (χ1n) is 7.27. The van der Waals surface area contributed by atoms with Crippen molar-refractivity contribution in [2.75, 3.05) is 13.6 Å². The molecule has 1 fully saturated rings. The van der Waals surface area contributed by atoms with E-state index in [-0.39, 0.29) is 11.8 Å². The number of hydrogen-bond donors (Lipinski definition) is 1. The van der Waals surface area contributed by atoms with Crippen LogP contribution in [0.25, 0.3) is 0 Å². The van der Waals surface area contributed by atoms with Crippen molar-refractivity contribution >= 4 is 29.1 Å². The first-order chi connectivity index (χ1) is 10.4. The fraction of sp³-hybridized carbons (Fsp3) is 0.533. The molecular weight excluding hydrogens is 304 g/mol. The Morgan fingerprint density at radius 3 is 2.73 bits per heavy atom. The monoisotopic (exact) mass is 324 g/mol. The van der Waals surface area contributed by atoms with E-state index < -0.39 is 18.1 Å². The van der Waals surface area contributed by atoms with Gasteiger partial charge in [0.2, 0.25) is 5.91 Å². The van der Waals surface area contributed by atoms with Gasteiger partial charge in [-0.15, -0.1) is 11.3 Å². The predicted octanol–water partition coefficient (Wildman–Crippen LogP) is 1.67. The molecule has 1 aliphatic rings. The van der Waals surface area contributed by atoms with Crippen LogP contribution in [0.4, 0.5) is 0 Å². The standard InChI is InChI=1S/C15H20N2O4S/c1-10(15(20)21)16(2)13(18)11-6-3-4-8-17(11)14(19)12-7-5-9-22-12/h5,7,9-11H,3-4,6,8H2,1-2H3,(H,20,21). The van der Waals surface area contributed by atoms with Crippen molar-refractivity contribution in [2.24, 2.45) is 0 Å². The number of rotatable bonds is 4. The number of likely N-dealkylation sites (tertiary alicyclic amines) is 1. The van der Waals surface area contributed by atoms with Crippen LogP contribution in [0.2, 0.25) is 0 Å². The topological polar surface area (TPSA) is 77.9 Å². The van der Waals surface area contributed by atoms with Crippen LogP contribution in [0.15, 0.2) is 17.5 Å². The second-order valence-electron chi connectivity index (χ2n) is 5.45. The molecule has 1 N–H and O–H groups in total. The summed E-state index contributed by atoms with van der Waals surface area (Å²) in [6.45, 7) is 2.00. The van der Waals surface area contributed by atoms with Gasteiger partial charge in [-0.2, -0.15) is 0 Å². The van der Waals surface area contributed by atoms with Crippen LogP contribution in [-0.4, -0.2) is 58.4 Å². The Bertz CT molecular complexity index is 558. The van der Waals surface area contributed by atoms with Crippen molar-refractivity contribution in [3.63, 3.8) is 0 Å². The van der Waals surface area contributed by atoms with E-state index in [4.69, 9.17) is 5.11 Å². The lowest BCUT2D eigenvalue weighted by molar-refractivity contribution is -0.150. The van der Waals surface area contributed by atoms with E-state index in [9.17, 15) is 14.4 Å². The second kappa shape index (κ2) is 6.91. The number of thiophene rings is 1. The summed E-state index contributed by atoms with van der Waals surface area (Å²) in [6, 6.07) is 2.06. The van der Waals surface area contributed by atoms with E-state index in [1.54, 1.807) is 17.0 Å². The highest BCUT2D eigenvalue weighted by Crippen LogP contribution is 2.23. The molecule has 2 atom stereocenters. The van der Waals surface area contributed by atoms with Gasteiger partial charge in [0, 0.05) is 13.6 Å². The van der Waals surface area contributed by atoms with Crippen molar-refractivity contribution in [1.29, 1.82) is 0 Å². The molecule has 0 aliphatic carbocycles. The molecule has 22 heavy (non-hydrogen) atoms. The molecule has 7 heteroatoms. The van der Waals surface area contributed by atoms with Crippen LogP contribution in [-0.2, 0) is 9.59 Å². The number of aliphatic carboxylic acids is 1. The van der Waals surface area contributed by atoms with Gasteiger partial charge in [0.05, 0.1) is 4.88 Å². The normalized spacial score (nSPS) is 19.5. The van der Waals surface area contributed by atoms with E-state index in [2.05, 4.69) is 0 Å². The quantitative estimate of drug-likeness (QED) is 0.914. The van der Waals surface area contributed by atoms with E-state index in [0.717, 1.165) is 12.8 Å². The maximum absolute atomic E-state index is 12.6. The molecule has 6 nitrogen and oxygen atoms in total. The van der Waals surface area contributed by atoms with Crippen LogP contribution < -0.4 is 0 Å². The number of carbonyl (C=O) groups is 3. The van der Waals surface area contributed by atoms with Gasteiger partial charge in [0.1, 0.15) is 12.1 Å². The summed E-state index contributed by atoms with van der Waals surface area (Å²) < 4.78 is 0. The molecule has 0 bridgehead atoms. The average Bonchev–Trinajstić information content (AvgIpc) is 3.06. The molecule has 2 heterocycles. The molecule has 120 valence electrons. The lowest BCUT2D eigenvalue weighted by Crippen LogP contribution is -2.54. The van der Waals surface area contributed by atoms with Gasteiger partial charge in [0.25, 0.3) is 5.91 Å². The first kappa shape index (κ1) is 16.5. The SMILES string of the molecule is CC(C(=O)O)N(C)C(=O)C1CCCCN1C(=O)c1cccs1. The Balaban J connectivity index is 2.17. The second-order valence-corrected chi connectivity index (χ2v) is 6.40. The zero-order valence-corrected chi connectivity index (χ0v) is 13.5. The number of nitrogens with zero attached hydrogens (tertiary/aromatic N) is 2. The fourth-order valence-corrected chi connectivity index (χ4v) is 3.24. The van der Waals surface area contributed by atoms with Gasteiger partial charge in [-0.05, 0) is 37.6 Å². The molecule has 0 aromatic carbocycles. The molecule has 2 rings (SSSR count). The highest BCUT2D eigenvalue weighted by atomic mass is 32.1. The third kappa shape index (κ3) is 3.30. The zero-order chi connectivity index (χ0) is 16.3. The lowest BCUT2D eigenvalue weighted by atomic mass is 10.00. The Labute approximate surface area is 133 Å². The number of carboxylic acid groups (broad SMARTS) is 1. The molecule has 1 aromatic heterocycles. The third-order valence-electron chi connectivity index (χ3n) is 4.07. The van der Waals surface area contributed by atoms with Gasteiger partial charge in [-0.3, -0.25) is 9.59 Å². The van der Waals surface area contributed by atoms with Gasteiger partial charge in [-0.25, -0.2) is 4.79 Å². The minimum atomic E-state index is -1.05. The van der Waals surface area contributed by atoms with E-state index in [1.165, 1.54) is 30.2 Å². The summed E-state index contributed by atoms with van der Waals surface area (Å²) in [5.41, 5.74) is 0. The number of amides is 2. The maximum Gasteiger partial charge on any atom is 0.326 e. The zero-order valence-electron chi connectivity index (χ0n) is 12.7. The number of piperidine rings is 1. The summed E-state index contributed by atoms with van der Waals surface area (Å²) >= 11 is 1.35. The van der Waals surface area contributed by atoms with Crippen LogP contribution in [0.1, 0.15) is 35.9 Å². The number of likely N-dealkylation sites (N-methyl/N-ethyl adjacent to an activating group) is 1. The molecule has 0 saturated carbocycles. The van der Waals surface area contributed by atoms with Crippen LogP contribution in [0.5, 0.6) is 0 Å². The smallest absolute Gasteiger partial charge is 0.326 e. The Hall–Kier alpha value is -1.89. The van der Waals surface area contributed by atoms with Crippen molar-refractivity contribution in [1.82, 2.24) is 9.80 Å². The van der Waals surface area contributed by atoms with Gasteiger partial charge in [0.15, 0.2) is 0 Å². The van der Waals surface area contributed by atoms with Crippen molar-refractivity contribution in [3.05, 3.63) is 22.4 Å². The molecule has 2 unspecified atom stereocenters. The van der Waals surface area contributed by atoms with Crippen LogP contribution in [0, 0.1) is 0 Å². The molecule has 0 radical (unpaired) electrons. The van der Waals surface area contributed by atoms with Gasteiger partial charge in [-0.1, -0.05) is 6.07 Å². The highest BCUT2D eigenvalue weighted by Gasteiger charge is 2.36. The molecule has 2 amide bonds. The Morgan fingerprint density at radius 1 is 1.41 bits per heavy atom. The third-order valence-corrected chi connectivity index (χ3v) is 4.92. The summed E-state index contributed by atoms with van der Waals surface area (Å²) in [6.07, 6.45) is 2.30. The van der Waals surface area contributed by atoms with E-state index >= 15 is 0 Å². The molecule has 0 spiro atoms. The molecular formula is C15H20N2O4S. The summed E-state index contributed by atoms with van der Waals surface area (Å²) in [4.78, 5) is 39.6. The van der Waals surface area contributed by atoms with Crippen LogP contribution in [0.3, 0.4) is 0 Å². The summed E-state index contributed by atoms with van der Waals surface area (Å²) in [5.74, 6) is -1.51.